The Hall–Kier alpha value is -1.52. The number of rotatable bonds is 4. The first-order valence-electron chi connectivity index (χ1n) is 6.86. The number of nitrogens with zero attached hydrogens (tertiary/aromatic N) is 1. The highest BCUT2D eigenvalue weighted by Crippen LogP contribution is 2.22. The number of hydrogen-bond acceptors (Lipinski definition) is 2. The van der Waals surface area contributed by atoms with E-state index in [1.54, 1.807) is 20.7 Å². The molecule has 2 aromatic carbocycles. The summed E-state index contributed by atoms with van der Waals surface area (Å²) in [4.78, 5) is 4.59. The van der Waals surface area contributed by atoms with Crippen LogP contribution in [0.3, 0.4) is 0 Å². The van der Waals surface area contributed by atoms with E-state index in [1.807, 2.05) is 72.8 Å². The average molecular weight is 377 g/mol. The summed E-state index contributed by atoms with van der Waals surface area (Å²) in [6.45, 7) is 0. The zero-order valence-corrected chi connectivity index (χ0v) is 15.1. The van der Waals surface area contributed by atoms with Crippen LogP contribution in [-0.2, 0) is 0 Å². The van der Waals surface area contributed by atoms with Crippen LogP contribution in [-0.4, -0.2) is 4.98 Å². The van der Waals surface area contributed by atoms with Crippen molar-refractivity contribution in [1.29, 1.82) is 0 Å². The molecule has 0 saturated carbocycles. The zero-order valence-electron chi connectivity index (χ0n) is 11.9. The lowest BCUT2D eigenvalue weighted by Crippen LogP contribution is -1.74. The molecule has 0 amide bonds. The summed E-state index contributed by atoms with van der Waals surface area (Å²) >= 11 is 11.8. The second-order valence-corrected chi connectivity index (χ2v) is 7.77. The average Bonchev–Trinajstić information content (AvgIpc) is 3.02. The van der Waals surface area contributed by atoms with Gasteiger partial charge in [0, 0.05) is 16.1 Å². The third kappa shape index (κ3) is 4.98. The van der Waals surface area contributed by atoms with Gasteiger partial charge in [0.05, 0.1) is 0 Å². The van der Waals surface area contributed by atoms with Crippen molar-refractivity contribution in [2.24, 2.45) is 0 Å². The second kappa shape index (κ2) is 7.84. The van der Waals surface area contributed by atoms with E-state index in [4.69, 9.17) is 23.2 Å². The minimum absolute atomic E-state index is 0.744. The molecule has 3 aromatic rings. The predicted molar refractivity (Wildman–Crippen MR) is 105 cm³/mol. The van der Waals surface area contributed by atoms with E-state index in [2.05, 4.69) is 4.98 Å². The Kier molecular flexibility index (Phi) is 5.57. The highest BCUT2D eigenvalue weighted by atomic mass is 35.5. The van der Waals surface area contributed by atoms with Gasteiger partial charge in [-0.2, -0.15) is 4.98 Å². The Morgan fingerprint density at radius 2 is 1.26 bits per heavy atom. The standard InChI is InChI=1S/C18H12Cl2NS2/c19-15-7-1-13(2-8-15)5-11-17-21-18(23-22-17)12-6-14-3-9-16(20)10-4-14/h1-12H/q+1/b11-5+,12-6+. The van der Waals surface area contributed by atoms with Gasteiger partial charge in [-0.25, -0.2) is 0 Å². The van der Waals surface area contributed by atoms with Crippen molar-refractivity contribution in [3.63, 3.8) is 0 Å². The Bertz CT molecular complexity index is 764. The SMILES string of the molecule is Clc1ccc(/C=C/c2nc(/C=C/c3ccc(Cl)cc3)[s+]s2)cc1. The first-order chi connectivity index (χ1) is 11.2. The summed E-state index contributed by atoms with van der Waals surface area (Å²) in [5.74, 6) is 0. The molecule has 0 spiro atoms. The van der Waals surface area contributed by atoms with E-state index in [1.165, 1.54) is 0 Å². The maximum atomic E-state index is 5.88. The van der Waals surface area contributed by atoms with Crippen LogP contribution in [0.1, 0.15) is 21.1 Å². The van der Waals surface area contributed by atoms with Crippen LogP contribution in [0, 0.1) is 0 Å². The molecule has 5 heteroatoms. The van der Waals surface area contributed by atoms with Crippen LogP contribution in [0.15, 0.2) is 48.5 Å². The first-order valence-corrected chi connectivity index (χ1v) is 9.77. The van der Waals surface area contributed by atoms with Crippen molar-refractivity contribution in [2.45, 2.75) is 0 Å². The summed E-state index contributed by atoms with van der Waals surface area (Å²) in [5.41, 5.74) is 2.21. The summed E-state index contributed by atoms with van der Waals surface area (Å²) in [5, 5.41) is 3.46. The van der Waals surface area contributed by atoms with E-state index in [0.717, 1.165) is 31.2 Å². The van der Waals surface area contributed by atoms with Crippen molar-refractivity contribution in [3.05, 3.63) is 79.7 Å². The molecule has 0 aliphatic heterocycles. The van der Waals surface area contributed by atoms with Gasteiger partial charge in [-0.1, -0.05) is 53.5 Å². The Labute approximate surface area is 152 Å². The molecule has 0 N–H and O–H groups in total. The lowest BCUT2D eigenvalue weighted by molar-refractivity contribution is 1.39. The number of halogens is 2. The highest BCUT2D eigenvalue weighted by molar-refractivity contribution is 7.69. The van der Waals surface area contributed by atoms with Crippen molar-refractivity contribution in [1.82, 2.24) is 4.98 Å². The van der Waals surface area contributed by atoms with Gasteiger partial charge in [0.25, 0.3) is 0 Å². The predicted octanol–water partition coefficient (Wildman–Crippen LogP) is 7.13. The lowest BCUT2D eigenvalue weighted by atomic mass is 10.2. The van der Waals surface area contributed by atoms with E-state index >= 15 is 0 Å². The molecule has 0 saturated heterocycles. The molecule has 1 nitrogen and oxygen atoms in total. The van der Waals surface area contributed by atoms with E-state index in [-0.39, 0.29) is 0 Å². The number of aromatic nitrogens is 1. The van der Waals surface area contributed by atoms with Gasteiger partial charge >= 0.3 is 15.3 Å². The third-order valence-electron chi connectivity index (χ3n) is 3.01. The van der Waals surface area contributed by atoms with Gasteiger partial charge in [0.15, 0.2) is 15.3 Å². The molecule has 0 fully saturated rings. The molecule has 0 radical (unpaired) electrons. The molecule has 0 unspecified atom stereocenters. The Morgan fingerprint density at radius 1 is 0.739 bits per heavy atom. The van der Waals surface area contributed by atoms with E-state index in [0.29, 0.717) is 0 Å². The van der Waals surface area contributed by atoms with Crippen LogP contribution in [0.2, 0.25) is 10.0 Å². The summed E-state index contributed by atoms with van der Waals surface area (Å²) in [6, 6.07) is 15.5. The fourth-order valence-corrected chi connectivity index (χ4v) is 3.91. The largest absolute Gasteiger partial charge is 0.341 e. The maximum absolute atomic E-state index is 5.88. The molecule has 1 heterocycles. The molecule has 1 aromatic heterocycles. The molecule has 0 aliphatic carbocycles. The van der Waals surface area contributed by atoms with Crippen LogP contribution < -0.4 is 0 Å². The van der Waals surface area contributed by atoms with Crippen molar-refractivity contribution in [3.8, 4) is 0 Å². The minimum atomic E-state index is 0.744. The van der Waals surface area contributed by atoms with Crippen LogP contribution in [0.25, 0.3) is 24.3 Å². The summed E-state index contributed by atoms with van der Waals surface area (Å²) in [7, 11) is 3.31. The van der Waals surface area contributed by atoms with E-state index in [9.17, 15) is 0 Å². The molecule has 114 valence electrons. The Morgan fingerprint density at radius 3 is 1.83 bits per heavy atom. The summed E-state index contributed by atoms with van der Waals surface area (Å²) in [6.07, 6.45) is 8.11. The van der Waals surface area contributed by atoms with Crippen LogP contribution in [0.5, 0.6) is 0 Å². The van der Waals surface area contributed by atoms with Crippen molar-refractivity contribution >= 4 is 68.2 Å². The third-order valence-corrected chi connectivity index (χ3v) is 5.67. The molecule has 3 rings (SSSR count). The smallest absolute Gasteiger partial charge is 0.177 e. The first kappa shape index (κ1) is 16.3. The molecular weight excluding hydrogens is 365 g/mol. The van der Waals surface area contributed by atoms with E-state index < -0.39 is 0 Å². The van der Waals surface area contributed by atoms with Gasteiger partial charge in [0.2, 0.25) is 0 Å². The van der Waals surface area contributed by atoms with Crippen molar-refractivity contribution < 1.29 is 0 Å². The highest BCUT2D eigenvalue weighted by Gasteiger charge is 2.10. The zero-order chi connectivity index (χ0) is 16.1. The van der Waals surface area contributed by atoms with Gasteiger partial charge < -0.3 is 0 Å². The molecule has 23 heavy (non-hydrogen) atoms. The fourth-order valence-electron chi connectivity index (χ4n) is 1.84. The minimum Gasteiger partial charge on any atom is -0.177 e. The van der Waals surface area contributed by atoms with Gasteiger partial charge in [-0.3, -0.25) is 0 Å². The number of hydrogen-bond donors (Lipinski definition) is 0. The molecular formula is C18H12Cl2NS2+. The van der Waals surface area contributed by atoms with Gasteiger partial charge in [0.1, 0.15) is 0 Å². The van der Waals surface area contributed by atoms with Crippen LogP contribution >= 0.6 is 43.9 Å². The van der Waals surface area contributed by atoms with Crippen LogP contribution in [0.4, 0.5) is 0 Å². The Balaban J connectivity index is 1.68. The molecule has 0 atom stereocenters. The quantitative estimate of drug-likeness (QED) is 0.348. The molecule has 0 aliphatic rings. The second-order valence-electron chi connectivity index (χ2n) is 4.72. The topological polar surface area (TPSA) is 12.9 Å². The lowest BCUT2D eigenvalue weighted by Gasteiger charge is -1.91. The summed E-state index contributed by atoms with van der Waals surface area (Å²) < 4.78 is 0. The number of benzene rings is 2. The van der Waals surface area contributed by atoms with Gasteiger partial charge in [-0.15, -0.1) is 0 Å². The van der Waals surface area contributed by atoms with Crippen molar-refractivity contribution in [2.75, 3.05) is 0 Å². The fraction of sp³-hybridized carbons (Fsp3) is 0. The van der Waals surface area contributed by atoms with Gasteiger partial charge in [-0.05, 0) is 47.5 Å². The monoisotopic (exact) mass is 376 g/mol. The maximum Gasteiger partial charge on any atom is 0.341 e. The molecule has 0 bridgehead atoms. The normalized spacial score (nSPS) is 11.6.